The number of carbonyl (C=O) groups excluding carboxylic acids is 2. The van der Waals surface area contributed by atoms with Gasteiger partial charge in [0.15, 0.2) is 9.84 Å². The predicted molar refractivity (Wildman–Crippen MR) is 97.7 cm³/mol. The number of benzene rings is 1. The van der Waals surface area contributed by atoms with Crippen molar-refractivity contribution in [3.05, 3.63) is 42.5 Å². The fraction of sp³-hybridized carbons (Fsp3) is 0.444. The van der Waals surface area contributed by atoms with Crippen LogP contribution in [0.5, 0.6) is 0 Å². The molecular weight excluding hydrogens is 356 g/mol. The van der Waals surface area contributed by atoms with Gasteiger partial charge in [0.05, 0.1) is 16.5 Å². The standard InChI is InChI=1S/C18H22N2O5S/c1-3-16(21)19-14-6-4-13(5-7-14)17(22)20(2)15-12-26(23,24)18(15)8-10-25-11-9-18/h3-7,15H,1,8-12H2,2H3,(H,19,21). The molecule has 1 aromatic carbocycles. The number of hydrogen-bond acceptors (Lipinski definition) is 5. The molecule has 0 saturated carbocycles. The summed E-state index contributed by atoms with van der Waals surface area (Å²) in [5.74, 6) is -0.581. The van der Waals surface area contributed by atoms with Gasteiger partial charge in [0, 0.05) is 31.5 Å². The van der Waals surface area contributed by atoms with Crippen LogP contribution in [0.3, 0.4) is 0 Å². The number of sulfone groups is 1. The first kappa shape index (κ1) is 18.6. The van der Waals surface area contributed by atoms with Gasteiger partial charge >= 0.3 is 0 Å². The topological polar surface area (TPSA) is 92.8 Å². The first-order chi connectivity index (χ1) is 12.3. The fourth-order valence-electron chi connectivity index (χ4n) is 3.69. The highest BCUT2D eigenvalue weighted by Gasteiger charge is 2.62. The molecule has 2 saturated heterocycles. The van der Waals surface area contributed by atoms with E-state index in [0.29, 0.717) is 37.3 Å². The van der Waals surface area contributed by atoms with Crippen molar-refractivity contribution in [3.63, 3.8) is 0 Å². The first-order valence-corrected chi connectivity index (χ1v) is 10.1. The molecule has 1 atom stereocenters. The predicted octanol–water partition coefficient (Wildman–Crippen LogP) is 1.23. The summed E-state index contributed by atoms with van der Waals surface area (Å²) in [4.78, 5) is 25.6. The smallest absolute Gasteiger partial charge is 0.253 e. The quantitative estimate of drug-likeness (QED) is 0.796. The molecule has 0 radical (unpaired) electrons. The number of amides is 2. The number of hydrogen-bond donors (Lipinski definition) is 1. The molecule has 7 nitrogen and oxygen atoms in total. The molecule has 3 rings (SSSR count). The monoisotopic (exact) mass is 378 g/mol. The van der Waals surface area contributed by atoms with E-state index in [1.165, 1.54) is 4.90 Å². The van der Waals surface area contributed by atoms with Crippen molar-refractivity contribution in [2.45, 2.75) is 23.6 Å². The number of ether oxygens (including phenoxy) is 1. The van der Waals surface area contributed by atoms with Crippen LogP contribution >= 0.6 is 0 Å². The van der Waals surface area contributed by atoms with Gasteiger partial charge < -0.3 is 15.0 Å². The molecule has 1 unspecified atom stereocenters. The summed E-state index contributed by atoms with van der Waals surface area (Å²) < 4.78 is 29.2. The van der Waals surface area contributed by atoms with Crippen LogP contribution in [0.15, 0.2) is 36.9 Å². The maximum absolute atomic E-state index is 12.8. The van der Waals surface area contributed by atoms with E-state index < -0.39 is 14.6 Å². The van der Waals surface area contributed by atoms with Gasteiger partial charge in [-0.1, -0.05) is 6.58 Å². The van der Waals surface area contributed by atoms with E-state index in [1.807, 2.05) is 0 Å². The number of rotatable bonds is 4. The van der Waals surface area contributed by atoms with E-state index in [4.69, 9.17) is 4.74 Å². The van der Waals surface area contributed by atoms with Gasteiger partial charge in [-0.25, -0.2) is 8.42 Å². The lowest BCUT2D eigenvalue weighted by atomic mass is 9.89. The van der Waals surface area contributed by atoms with Crippen LogP contribution in [0.4, 0.5) is 5.69 Å². The minimum absolute atomic E-state index is 0.0112. The SMILES string of the molecule is C=CC(=O)Nc1ccc(C(=O)N(C)C2CS(=O)(=O)C23CCOCC3)cc1. The number of anilines is 1. The highest BCUT2D eigenvalue weighted by Crippen LogP contribution is 2.45. The van der Waals surface area contributed by atoms with E-state index in [1.54, 1.807) is 31.3 Å². The molecule has 0 aliphatic carbocycles. The zero-order valence-electron chi connectivity index (χ0n) is 14.6. The first-order valence-electron chi connectivity index (χ1n) is 8.41. The minimum atomic E-state index is -3.21. The molecule has 26 heavy (non-hydrogen) atoms. The lowest BCUT2D eigenvalue weighted by Crippen LogP contribution is -2.71. The lowest BCUT2D eigenvalue weighted by Gasteiger charge is -2.53. The van der Waals surface area contributed by atoms with Gasteiger partial charge in [0.1, 0.15) is 0 Å². The summed E-state index contributed by atoms with van der Waals surface area (Å²) >= 11 is 0. The zero-order chi connectivity index (χ0) is 18.9. The van der Waals surface area contributed by atoms with Crippen molar-refractivity contribution in [3.8, 4) is 0 Å². The van der Waals surface area contributed by atoms with E-state index in [2.05, 4.69) is 11.9 Å². The van der Waals surface area contributed by atoms with Crippen LogP contribution in [0.1, 0.15) is 23.2 Å². The molecule has 0 bridgehead atoms. The Morgan fingerprint density at radius 2 is 1.88 bits per heavy atom. The Bertz CT molecular complexity index is 826. The van der Waals surface area contributed by atoms with Crippen LogP contribution in [-0.4, -0.2) is 61.9 Å². The summed E-state index contributed by atoms with van der Waals surface area (Å²) in [5, 5.41) is 2.61. The second kappa shape index (κ2) is 6.85. The van der Waals surface area contributed by atoms with Crippen LogP contribution in [0, 0.1) is 0 Å². The lowest BCUT2D eigenvalue weighted by molar-refractivity contribution is -0.111. The second-order valence-corrected chi connectivity index (χ2v) is 9.04. The van der Waals surface area contributed by atoms with Gasteiger partial charge in [-0.05, 0) is 43.2 Å². The molecule has 2 aliphatic heterocycles. The number of nitrogens with one attached hydrogen (secondary N) is 1. The third-order valence-corrected chi connectivity index (χ3v) is 7.99. The highest BCUT2D eigenvalue weighted by atomic mass is 32.2. The minimum Gasteiger partial charge on any atom is -0.381 e. The van der Waals surface area contributed by atoms with Gasteiger partial charge in [-0.15, -0.1) is 0 Å². The molecule has 2 amide bonds. The molecule has 1 aromatic rings. The molecule has 2 fully saturated rings. The average molecular weight is 378 g/mol. The van der Waals surface area contributed by atoms with Crippen molar-refractivity contribution in [1.82, 2.24) is 4.90 Å². The Kier molecular flexibility index (Phi) is 4.90. The molecule has 0 aromatic heterocycles. The molecule has 8 heteroatoms. The zero-order valence-corrected chi connectivity index (χ0v) is 15.4. The van der Waals surface area contributed by atoms with E-state index in [0.717, 1.165) is 6.08 Å². The van der Waals surface area contributed by atoms with Crippen LogP contribution in [0.2, 0.25) is 0 Å². The van der Waals surface area contributed by atoms with Gasteiger partial charge in [0.2, 0.25) is 5.91 Å². The van der Waals surface area contributed by atoms with Gasteiger partial charge in [-0.3, -0.25) is 9.59 Å². The third kappa shape index (κ3) is 3.03. The fourth-order valence-corrected chi connectivity index (χ4v) is 6.13. The molecule has 2 aliphatic rings. The van der Waals surface area contributed by atoms with Crippen LogP contribution < -0.4 is 5.32 Å². The normalized spacial score (nSPS) is 22.9. The van der Waals surface area contributed by atoms with E-state index >= 15 is 0 Å². The number of carbonyl (C=O) groups is 2. The Morgan fingerprint density at radius 1 is 1.27 bits per heavy atom. The molecule has 2 heterocycles. The Labute approximate surface area is 152 Å². The highest BCUT2D eigenvalue weighted by molar-refractivity contribution is 7.94. The van der Waals surface area contributed by atoms with Crippen molar-refractivity contribution >= 4 is 27.3 Å². The van der Waals surface area contributed by atoms with E-state index in [-0.39, 0.29) is 23.6 Å². The Balaban J connectivity index is 1.75. The summed E-state index contributed by atoms with van der Waals surface area (Å²) in [6.07, 6.45) is 2.01. The number of nitrogens with zero attached hydrogens (tertiary/aromatic N) is 1. The Hall–Kier alpha value is -2.19. The second-order valence-electron chi connectivity index (χ2n) is 6.66. The van der Waals surface area contributed by atoms with Crippen LogP contribution in [0.25, 0.3) is 0 Å². The van der Waals surface area contributed by atoms with E-state index in [9.17, 15) is 18.0 Å². The molecule has 1 spiro atoms. The van der Waals surface area contributed by atoms with Crippen molar-refractivity contribution in [2.75, 3.05) is 31.3 Å². The van der Waals surface area contributed by atoms with Crippen molar-refractivity contribution in [1.29, 1.82) is 0 Å². The van der Waals surface area contributed by atoms with Gasteiger partial charge in [0.25, 0.3) is 5.91 Å². The molecular formula is C18H22N2O5S. The summed E-state index contributed by atoms with van der Waals surface area (Å²) in [6.45, 7) is 4.18. The molecule has 140 valence electrons. The molecule has 1 N–H and O–H groups in total. The van der Waals surface area contributed by atoms with Crippen LogP contribution in [-0.2, 0) is 19.4 Å². The maximum atomic E-state index is 12.8. The van der Waals surface area contributed by atoms with Gasteiger partial charge in [-0.2, -0.15) is 0 Å². The summed E-state index contributed by atoms with van der Waals surface area (Å²) in [6, 6.07) is 6.14. The Morgan fingerprint density at radius 3 is 2.42 bits per heavy atom. The maximum Gasteiger partial charge on any atom is 0.253 e. The van der Waals surface area contributed by atoms with Crippen molar-refractivity contribution in [2.24, 2.45) is 0 Å². The largest absolute Gasteiger partial charge is 0.381 e. The summed E-state index contributed by atoms with van der Waals surface area (Å²) in [5.41, 5.74) is 0.997. The summed E-state index contributed by atoms with van der Waals surface area (Å²) in [7, 11) is -1.56. The average Bonchev–Trinajstić information content (AvgIpc) is 2.66. The van der Waals surface area contributed by atoms with Crippen molar-refractivity contribution < 1.29 is 22.7 Å². The third-order valence-electron chi connectivity index (χ3n) is 5.32.